The van der Waals surface area contributed by atoms with E-state index in [1.54, 1.807) is 0 Å². The van der Waals surface area contributed by atoms with Gasteiger partial charge in [-0.1, -0.05) is 31.1 Å². The number of rotatable bonds is 7. The molecule has 156 valence electrons. The average Bonchev–Trinajstić information content (AvgIpc) is 3.42. The van der Waals surface area contributed by atoms with Crippen LogP contribution in [0.25, 0.3) is 0 Å². The number of benzene rings is 1. The van der Waals surface area contributed by atoms with Crippen LogP contribution in [-0.2, 0) is 0 Å². The van der Waals surface area contributed by atoms with Crippen LogP contribution in [0, 0.1) is 0 Å². The second-order valence-corrected chi connectivity index (χ2v) is 8.43. The Labute approximate surface area is 174 Å². The van der Waals surface area contributed by atoms with Gasteiger partial charge < -0.3 is 4.90 Å². The third-order valence-electron chi connectivity index (χ3n) is 6.32. The highest BCUT2D eigenvalue weighted by Crippen LogP contribution is 2.34. The van der Waals surface area contributed by atoms with Crippen LogP contribution in [0.2, 0.25) is 0 Å². The van der Waals surface area contributed by atoms with Crippen molar-refractivity contribution in [3.05, 3.63) is 48.3 Å². The molecule has 0 bridgehead atoms. The first-order valence-corrected chi connectivity index (χ1v) is 10.8. The summed E-state index contributed by atoms with van der Waals surface area (Å²) in [5.74, 6) is 0.992. The summed E-state index contributed by atoms with van der Waals surface area (Å²) in [6.45, 7) is 8.94. The first-order valence-electron chi connectivity index (χ1n) is 10.8. The number of tetrazole rings is 1. The molecular formula is C22H33N7. The van der Waals surface area contributed by atoms with E-state index in [1.807, 2.05) is 6.08 Å². The fraction of sp³-hybridized carbons (Fsp3) is 0.591. The van der Waals surface area contributed by atoms with Gasteiger partial charge >= 0.3 is 0 Å². The Morgan fingerprint density at radius 2 is 1.79 bits per heavy atom. The van der Waals surface area contributed by atoms with Crippen LogP contribution in [0.4, 0.5) is 5.69 Å². The van der Waals surface area contributed by atoms with Gasteiger partial charge in [0.2, 0.25) is 0 Å². The fourth-order valence-electron chi connectivity index (χ4n) is 4.65. The van der Waals surface area contributed by atoms with Crippen LogP contribution in [0.1, 0.15) is 49.2 Å². The van der Waals surface area contributed by atoms with E-state index in [9.17, 15) is 0 Å². The maximum absolute atomic E-state index is 4.55. The molecule has 0 N–H and O–H groups in total. The predicted octanol–water partition coefficient (Wildman–Crippen LogP) is 2.75. The number of piperazine rings is 1. The van der Waals surface area contributed by atoms with Crippen LogP contribution >= 0.6 is 0 Å². The second kappa shape index (κ2) is 9.05. The van der Waals surface area contributed by atoms with Gasteiger partial charge in [0.25, 0.3) is 0 Å². The minimum atomic E-state index is 0.0905. The molecule has 7 heteroatoms. The summed E-state index contributed by atoms with van der Waals surface area (Å²) in [7, 11) is 4.15. The Balaban J connectivity index is 1.65. The topological polar surface area (TPSA) is 53.3 Å². The molecule has 1 atom stereocenters. The van der Waals surface area contributed by atoms with Crippen molar-refractivity contribution in [2.45, 2.75) is 37.8 Å². The molecular weight excluding hydrogens is 362 g/mol. The van der Waals surface area contributed by atoms with E-state index in [1.165, 1.54) is 36.9 Å². The monoisotopic (exact) mass is 395 g/mol. The van der Waals surface area contributed by atoms with Gasteiger partial charge in [-0.25, -0.2) is 4.68 Å². The zero-order valence-corrected chi connectivity index (χ0v) is 17.7. The SMILES string of the molecule is C=CCN1CCN(C(c2ccc(N(C)C)cc2)c2nnnn2C2CCCC2)CC1. The lowest BCUT2D eigenvalue weighted by atomic mass is 10.0. The number of hydrogen-bond donors (Lipinski definition) is 0. The van der Waals surface area contributed by atoms with Crippen molar-refractivity contribution in [3.8, 4) is 0 Å². The standard InChI is InChI=1S/C22H33N7/c1-4-13-27-14-16-28(17-15-27)21(18-9-11-19(12-10-18)26(2)3)22-23-24-25-29(22)20-7-5-6-8-20/h4,9-12,20-21H,1,5-8,13-17H2,2-3H3. The predicted molar refractivity (Wildman–Crippen MR) is 116 cm³/mol. The summed E-state index contributed by atoms with van der Waals surface area (Å²) in [5, 5.41) is 13.1. The molecule has 1 aliphatic heterocycles. The van der Waals surface area contributed by atoms with Gasteiger partial charge in [-0.2, -0.15) is 0 Å². The van der Waals surface area contributed by atoms with E-state index < -0.39 is 0 Å². The molecule has 1 unspecified atom stereocenters. The molecule has 0 amide bonds. The van der Waals surface area contributed by atoms with Crippen LogP contribution in [0.3, 0.4) is 0 Å². The molecule has 1 aliphatic carbocycles. The zero-order valence-electron chi connectivity index (χ0n) is 17.7. The van der Waals surface area contributed by atoms with Crippen molar-refractivity contribution < 1.29 is 0 Å². The van der Waals surface area contributed by atoms with Crippen LogP contribution in [0.15, 0.2) is 36.9 Å². The van der Waals surface area contributed by atoms with Crippen molar-refractivity contribution in [2.24, 2.45) is 0 Å². The zero-order chi connectivity index (χ0) is 20.2. The maximum atomic E-state index is 4.55. The molecule has 0 radical (unpaired) electrons. The second-order valence-electron chi connectivity index (χ2n) is 8.43. The normalized spacial score (nSPS) is 20.1. The van der Waals surface area contributed by atoms with E-state index in [0.717, 1.165) is 38.5 Å². The molecule has 4 rings (SSSR count). The third-order valence-corrected chi connectivity index (χ3v) is 6.32. The van der Waals surface area contributed by atoms with Crippen LogP contribution in [0.5, 0.6) is 0 Å². The summed E-state index contributed by atoms with van der Waals surface area (Å²) in [6, 6.07) is 9.39. The molecule has 1 aromatic carbocycles. The first kappa shape index (κ1) is 20.0. The Morgan fingerprint density at radius 1 is 1.10 bits per heavy atom. The highest BCUT2D eigenvalue weighted by Gasteiger charge is 2.32. The maximum Gasteiger partial charge on any atom is 0.173 e. The molecule has 2 aliphatic rings. The van der Waals surface area contributed by atoms with Gasteiger partial charge in [0, 0.05) is 52.5 Å². The minimum Gasteiger partial charge on any atom is -0.378 e. The summed E-state index contributed by atoms with van der Waals surface area (Å²) < 4.78 is 2.12. The van der Waals surface area contributed by atoms with Crippen molar-refractivity contribution in [1.29, 1.82) is 0 Å². The summed E-state index contributed by atoms with van der Waals surface area (Å²) in [5.41, 5.74) is 2.47. The molecule has 29 heavy (non-hydrogen) atoms. The largest absolute Gasteiger partial charge is 0.378 e. The minimum absolute atomic E-state index is 0.0905. The number of hydrogen-bond acceptors (Lipinski definition) is 6. The molecule has 0 spiro atoms. The Bertz CT molecular complexity index is 784. The molecule has 1 saturated heterocycles. The fourth-order valence-corrected chi connectivity index (χ4v) is 4.65. The van der Waals surface area contributed by atoms with Crippen molar-refractivity contribution >= 4 is 5.69 Å². The van der Waals surface area contributed by atoms with Crippen molar-refractivity contribution in [3.63, 3.8) is 0 Å². The molecule has 1 aromatic heterocycles. The Hall–Kier alpha value is -2.25. The van der Waals surface area contributed by atoms with Gasteiger partial charge in [-0.05, 0) is 41.0 Å². The lowest BCUT2D eigenvalue weighted by Gasteiger charge is -2.39. The van der Waals surface area contributed by atoms with Gasteiger partial charge in [0.05, 0.1) is 12.1 Å². The highest BCUT2D eigenvalue weighted by molar-refractivity contribution is 5.47. The van der Waals surface area contributed by atoms with Gasteiger partial charge in [0.15, 0.2) is 5.82 Å². The molecule has 2 fully saturated rings. The third kappa shape index (κ3) is 4.36. The number of nitrogens with zero attached hydrogens (tertiary/aromatic N) is 7. The van der Waals surface area contributed by atoms with Gasteiger partial charge in [-0.15, -0.1) is 11.7 Å². The van der Waals surface area contributed by atoms with Crippen molar-refractivity contribution in [1.82, 2.24) is 30.0 Å². The average molecular weight is 396 g/mol. The van der Waals surface area contributed by atoms with Gasteiger partial charge in [0.1, 0.15) is 0 Å². The molecule has 2 heterocycles. The summed E-state index contributed by atoms with van der Waals surface area (Å²) in [4.78, 5) is 7.13. The van der Waals surface area contributed by atoms with E-state index in [4.69, 9.17) is 0 Å². The smallest absolute Gasteiger partial charge is 0.173 e. The summed E-state index contributed by atoms with van der Waals surface area (Å²) >= 11 is 0. The van der Waals surface area contributed by atoms with E-state index in [-0.39, 0.29) is 6.04 Å². The van der Waals surface area contributed by atoms with Crippen LogP contribution in [-0.4, -0.2) is 76.8 Å². The van der Waals surface area contributed by atoms with Gasteiger partial charge in [-0.3, -0.25) is 9.80 Å². The molecule has 2 aromatic rings. The number of anilines is 1. The Morgan fingerprint density at radius 3 is 2.41 bits per heavy atom. The van der Waals surface area contributed by atoms with E-state index in [0.29, 0.717) is 6.04 Å². The first-order chi connectivity index (χ1) is 14.2. The van der Waals surface area contributed by atoms with E-state index >= 15 is 0 Å². The van der Waals surface area contributed by atoms with Crippen LogP contribution < -0.4 is 4.90 Å². The molecule has 1 saturated carbocycles. The lowest BCUT2D eigenvalue weighted by Crippen LogP contribution is -2.48. The van der Waals surface area contributed by atoms with Crippen molar-refractivity contribution in [2.75, 3.05) is 51.7 Å². The van der Waals surface area contributed by atoms with E-state index in [2.05, 4.69) is 79.8 Å². The highest BCUT2D eigenvalue weighted by atomic mass is 15.6. The number of aromatic nitrogens is 4. The quantitative estimate of drug-likeness (QED) is 0.672. The molecule has 7 nitrogen and oxygen atoms in total. The lowest BCUT2D eigenvalue weighted by molar-refractivity contribution is 0.111. The summed E-state index contributed by atoms with van der Waals surface area (Å²) in [6.07, 6.45) is 6.89. The Kier molecular flexibility index (Phi) is 6.25.